The number of anilines is 1. The monoisotopic (exact) mass is 472 g/mol. The van der Waals surface area contributed by atoms with Crippen LogP contribution in [0, 0.1) is 18.8 Å². The molecule has 2 fully saturated rings. The molecule has 2 aliphatic rings. The van der Waals surface area contributed by atoms with Gasteiger partial charge >= 0.3 is 5.97 Å². The number of aryl methyl sites for hydroxylation is 1. The highest BCUT2D eigenvalue weighted by Crippen LogP contribution is 2.34. The zero-order chi connectivity index (χ0) is 23.2. The van der Waals surface area contributed by atoms with E-state index in [-0.39, 0.29) is 14.8 Å². The number of thioether (sulfide) groups is 1. The average Bonchev–Trinajstić information content (AvgIpc) is 2.96. The molecule has 1 N–H and O–H groups in total. The number of nitrogens with zero attached hydrogens (tertiary/aromatic N) is 4. The van der Waals surface area contributed by atoms with E-state index in [2.05, 4.69) is 18.7 Å². The standard InChI is InChI=1S/C22H24N4O4S2/c1-12-7-13(2)10-24(9-12)19-15(20(29)25-6-4-5-14(3)18(25)23-19)8-16-21(30)26(11-17(27)28)22(31)32-16/h4-6,8,12-13H,7,9-11H2,1-3H3,(H,27,28)/b16-8-/t12-,13-/m0/s1. The minimum Gasteiger partial charge on any atom is -0.480 e. The van der Waals surface area contributed by atoms with Gasteiger partial charge in [-0.3, -0.25) is 23.7 Å². The number of carboxylic acids is 1. The van der Waals surface area contributed by atoms with Crippen molar-refractivity contribution in [1.29, 1.82) is 0 Å². The molecule has 0 saturated carbocycles. The summed E-state index contributed by atoms with van der Waals surface area (Å²) < 4.78 is 1.65. The first-order valence-corrected chi connectivity index (χ1v) is 11.6. The Bertz CT molecular complexity index is 1210. The summed E-state index contributed by atoms with van der Waals surface area (Å²) in [5, 5.41) is 9.09. The SMILES string of the molecule is Cc1cccn2c(=O)c(/C=C3\SC(=S)N(CC(=O)O)C3=O)c(N3C[C@@H](C)C[C@H](C)C3)nc12. The summed E-state index contributed by atoms with van der Waals surface area (Å²) in [6.45, 7) is 7.28. The van der Waals surface area contributed by atoms with E-state index < -0.39 is 18.4 Å². The molecule has 2 aliphatic heterocycles. The topological polar surface area (TPSA) is 95.2 Å². The molecule has 2 saturated heterocycles. The number of thiocarbonyl (C=S) groups is 1. The predicted octanol–water partition coefficient (Wildman–Crippen LogP) is 2.77. The number of fused-ring (bicyclic) bond motifs is 1. The Kier molecular flexibility index (Phi) is 6.09. The third-order valence-corrected chi connectivity index (χ3v) is 7.05. The lowest BCUT2D eigenvalue weighted by Crippen LogP contribution is -2.40. The van der Waals surface area contributed by atoms with Crippen molar-refractivity contribution in [2.24, 2.45) is 11.8 Å². The van der Waals surface area contributed by atoms with Crippen molar-refractivity contribution in [1.82, 2.24) is 14.3 Å². The van der Waals surface area contributed by atoms with E-state index in [1.165, 1.54) is 10.5 Å². The van der Waals surface area contributed by atoms with Crippen LogP contribution in [0.1, 0.15) is 31.4 Å². The summed E-state index contributed by atoms with van der Waals surface area (Å²) in [4.78, 5) is 45.7. The van der Waals surface area contributed by atoms with Crippen LogP contribution in [0.5, 0.6) is 0 Å². The van der Waals surface area contributed by atoms with Gasteiger partial charge in [0.15, 0.2) is 0 Å². The van der Waals surface area contributed by atoms with Gasteiger partial charge in [0.05, 0.1) is 10.5 Å². The molecule has 4 heterocycles. The third-order valence-electron chi connectivity index (χ3n) is 5.67. The third kappa shape index (κ3) is 4.16. The van der Waals surface area contributed by atoms with Crippen molar-refractivity contribution in [3.63, 3.8) is 0 Å². The van der Waals surface area contributed by atoms with Crippen LogP contribution >= 0.6 is 24.0 Å². The Labute approximate surface area is 194 Å². The lowest BCUT2D eigenvalue weighted by atomic mass is 9.91. The summed E-state index contributed by atoms with van der Waals surface area (Å²) in [5.41, 5.74) is 1.49. The number of pyridine rings is 1. The Hall–Kier alpha value is -2.72. The molecular weight excluding hydrogens is 448 g/mol. The minimum absolute atomic E-state index is 0.162. The van der Waals surface area contributed by atoms with Crippen molar-refractivity contribution in [3.8, 4) is 0 Å². The zero-order valence-electron chi connectivity index (χ0n) is 18.1. The smallest absolute Gasteiger partial charge is 0.323 e. The van der Waals surface area contributed by atoms with E-state index in [0.717, 1.165) is 41.7 Å². The first kappa shape index (κ1) is 22.5. The summed E-state index contributed by atoms with van der Waals surface area (Å²) in [6, 6.07) is 3.69. The zero-order valence-corrected chi connectivity index (χ0v) is 19.7. The molecule has 1 amide bonds. The summed E-state index contributed by atoms with van der Waals surface area (Å²) >= 11 is 6.20. The number of rotatable bonds is 4. The van der Waals surface area contributed by atoms with Gasteiger partial charge in [0.25, 0.3) is 11.5 Å². The van der Waals surface area contributed by atoms with E-state index in [1.807, 2.05) is 13.0 Å². The van der Waals surface area contributed by atoms with Crippen LogP contribution in [-0.4, -0.2) is 55.2 Å². The van der Waals surface area contributed by atoms with Gasteiger partial charge in [-0.15, -0.1) is 0 Å². The maximum Gasteiger partial charge on any atom is 0.323 e. The highest BCUT2D eigenvalue weighted by molar-refractivity contribution is 8.26. The second-order valence-corrected chi connectivity index (χ2v) is 10.2. The number of carbonyl (C=O) groups excluding carboxylic acids is 1. The van der Waals surface area contributed by atoms with E-state index in [1.54, 1.807) is 12.3 Å². The second-order valence-electron chi connectivity index (χ2n) is 8.55. The first-order chi connectivity index (χ1) is 15.2. The largest absolute Gasteiger partial charge is 0.480 e. The molecule has 4 rings (SSSR count). The van der Waals surface area contributed by atoms with Crippen LogP contribution in [0.2, 0.25) is 0 Å². The van der Waals surface area contributed by atoms with Crippen LogP contribution in [-0.2, 0) is 9.59 Å². The van der Waals surface area contributed by atoms with Crippen molar-refractivity contribution in [2.75, 3.05) is 24.5 Å². The van der Waals surface area contributed by atoms with Crippen molar-refractivity contribution in [3.05, 3.63) is 44.7 Å². The van der Waals surface area contributed by atoms with Crippen molar-refractivity contribution >= 4 is 57.7 Å². The van der Waals surface area contributed by atoms with Crippen molar-refractivity contribution < 1.29 is 14.7 Å². The summed E-state index contributed by atoms with van der Waals surface area (Å²) in [7, 11) is 0. The van der Waals surface area contributed by atoms with Gasteiger partial charge in [-0.25, -0.2) is 4.98 Å². The molecule has 0 radical (unpaired) electrons. The van der Waals surface area contributed by atoms with Crippen LogP contribution in [0.15, 0.2) is 28.0 Å². The molecular formula is C22H24N4O4S2. The Balaban J connectivity index is 1.88. The minimum atomic E-state index is -1.15. The fourth-order valence-corrected chi connectivity index (χ4v) is 5.64. The Morgan fingerprint density at radius 1 is 1.31 bits per heavy atom. The highest BCUT2D eigenvalue weighted by Gasteiger charge is 2.34. The Morgan fingerprint density at radius 2 is 2.00 bits per heavy atom. The highest BCUT2D eigenvalue weighted by atomic mass is 32.2. The lowest BCUT2D eigenvalue weighted by Gasteiger charge is -2.36. The van der Waals surface area contributed by atoms with Gasteiger partial charge in [0.2, 0.25) is 0 Å². The Morgan fingerprint density at radius 3 is 2.66 bits per heavy atom. The fraction of sp³-hybridized carbons (Fsp3) is 0.409. The van der Waals surface area contributed by atoms with Crippen LogP contribution < -0.4 is 10.5 Å². The van der Waals surface area contributed by atoms with Crippen LogP contribution in [0.25, 0.3) is 11.7 Å². The number of carboxylic acid groups (broad SMARTS) is 1. The molecule has 0 aliphatic carbocycles. The number of aromatic nitrogens is 2. The van der Waals surface area contributed by atoms with Crippen LogP contribution in [0.3, 0.4) is 0 Å². The number of hydrogen-bond acceptors (Lipinski definition) is 7. The maximum absolute atomic E-state index is 13.5. The number of amides is 1. The number of piperidine rings is 1. The number of aliphatic carboxylic acids is 1. The summed E-state index contributed by atoms with van der Waals surface area (Å²) in [5.74, 6) is -0.230. The van der Waals surface area contributed by atoms with Gasteiger partial charge < -0.3 is 10.0 Å². The molecule has 10 heteroatoms. The fourth-order valence-electron chi connectivity index (χ4n) is 4.41. The van der Waals surface area contributed by atoms with E-state index in [4.69, 9.17) is 22.3 Å². The molecule has 2 aromatic heterocycles. The van der Waals surface area contributed by atoms with Crippen molar-refractivity contribution in [2.45, 2.75) is 27.2 Å². The van der Waals surface area contributed by atoms with Crippen LogP contribution in [0.4, 0.5) is 5.82 Å². The molecule has 32 heavy (non-hydrogen) atoms. The molecule has 2 aromatic rings. The van der Waals surface area contributed by atoms with Gasteiger partial charge in [-0.05, 0) is 42.9 Å². The van der Waals surface area contributed by atoms with E-state index in [0.29, 0.717) is 28.9 Å². The molecule has 0 unspecified atom stereocenters. The lowest BCUT2D eigenvalue weighted by molar-refractivity contribution is -0.140. The van der Waals surface area contributed by atoms with Gasteiger partial charge in [-0.1, -0.05) is 43.9 Å². The number of hydrogen-bond donors (Lipinski definition) is 1. The maximum atomic E-state index is 13.5. The van der Waals surface area contributed by atoms with E-state index >= 15 is 0 Å². The van der Waals surface area contributed by atoms with Gasteiger partial charge in [0.1, 0.15) is 22.3 Å². The molecule has 0 aromatic carbocycles. The van der Waals surface area contributed by atoms with E-state index in [9.17, 15) is 14.4 Å². The normalized spacial score (nSPS) is 22.9. The van der Waals surface area contributed by atoms with Gasteiger partial charge in [0, 0.05) is 19.3 Å². The first-order valence-electron chi connectivity index (χ1n) is 10.4. The molecule has 8 nitrogen and oxygen atoms in total. The number of carbonyl (C=O) groups is 2. The molecule has 2 atom stereocenters. The quantitative estimate of drug-likeness (QED) is 0.536. The molecule has 0 spiro atoms. The molecule has 168 valence electrons. The van der Waals surface area contributed by atoms with Gasteiger partial charge in [-0.2, -0.15) is 0 Å². The predicted molar refractivity (Wildman–Crippen MR) is 129 cm³/mol. The second kappa shape index (κ2) is 8.67. The molecule has 0 bridgehead atoms. The summed E-state index contributed by atoms with van der Waals surface area (Å²) in [6.07, 6.45) is 4.28. The average molecular weight is 473 g/mol.